The number of aromatic nitrogens is 5. The smallest absolute Gasteiger partial charge is 0.325 e. The van der Waals surface area contributed by atoms with Crippen LogP contribution in [0, 0.1) is 0 Å². The van der Waals surface area contributed by atoms with Gasteiger partial charge in [0.2, 0.25) is 5.91 Å². The zero-order chi connectivity index (χ0) is 20.5. The molecule has 4 aromatic rings. The molecule has 0 fully saturated rings. The summed E-state index contributed by atoms with van der Waals surface area (Å²) in [4.78, 5) is 45.3. The summed E-state index contributed by atoms with van der Waals surface area (Å²) in [6.45, 7) is -0.105. The molecular weight excluding hydrogens is 372 g/mol. The van der Waals surface area contributed by atoms with E-state index in [0.717, 1.165) is 15.8 Å². The highest BCUT2D eigenvalue weighted by molar-refractivity contribution is 5.91. The molecule has 146 valence electrons. The molecule has 3 heterocycles. The Hall–Kier alpha value is -4.01. The number of benzene rings is 1. The van der Waals surface area contributed by atoms with Crippen molar-refractivity contribution in [3.05, 3.63) is 75.8 Å². The normalized spacial score (nSPS) is 11.0. The number of hydrogen-bond donors (Lipinski definition) is 1. The summed E-state index contributed by atoms with van der Waals surface area (Å²) in [7, 11) is 2.93. The van der Waals surface area contributed by atoms with E-state index in [0.29, 0.717) is 5.69 Å². The largest absolute Gasteiger partial charge is 0.332 e. The number of rotatable bonds is 4. The fourth-order valence-corrected chi connectivity index (χ4v) is 3.13. The summed E-state index contributed by atoms with van der Waals surface area (Å²) in [5, 5.41) is 2.80. The zero-order valence-electron chi connectivity index (χ0n) is 15.9. The Bertz CT molecular complexity index is 1320. The lowest BCUT2D eigenvalue weighted by Gasteiger charge is -2.08. The van der Waals surface area contributed by atoms with E-state index in [1.807, 2.05) is 30.3 Å². The monoisotopic (exact) mass is 390 g/mol. The number of carbonyl (C=O) groups excluding carboxylic acids is 1. The zero-order valence-corrected chi connectivity index (χ0v) is 15.9. The van der Waals surface area contributed by atoms with Crippen LogP contribution in [0.4, 0.5) is 5.69 Å². The number of nitrogens with zero attached hydrogens (tertiary/aromatic N) is 5. The van der Waals surface area contributed by atoms with Crippen molar-refractivity contribution in [3.63, 3.8) is 0 Å². The average Bonchev–Trinajstić information content (AvgIpc) is 3.15. The molecule has 1 amide bonds. The number of nitrogens with one attached hydrogen (secondary N) is 1. The molecule has 3 aromatic heterocycles. The topological polar surface area (TPSA) is 104 Å². The second-order valence-electron chi connectivity index (χ2n) is 6.59. The molecule has 0 saturated carbocycles. The van der Waals surface area contributed by atoms with Crippen LogP contribution in [0.1, 0.15) is 0 Å². The number of anilines is 1. The number of amides is 1. The standard InChI is InChI=1S/C20H18N6O3/c1-24-18-17(19(28)25(2)20(24)29)26(12-22-18)11-16(27)23-14-8-6-13(7-9-14)15-5-3-4-10-21-15/h3-10,12H,11H2,1-2H3,(H,23,27). The van der Waals surface area contributed by atoms with Crippen molar-refractivity contribution in [2.45, 2.75) is 6.54 Å². The molecule has 4 rings (SSSR count). The van der Waals surface area contributed by atoms with Gasteiger partial charge in [0.15, 0.2) is 11.2 Å². The van der Waals surface area contributed by atoms with Gasteiger partial charge in [0.25, 0.3) is 5.56 Å². The summed E-state index contributed by atoms with van der Waals surface area (Å²) in [5.74, 6) is -0.314. The number of fused-ring (bicyclic) bond motifs is 1. The van der Waals surface area contributed by atoms with Gasteiger partial charge in [0, 0.05) is 31.5 Å². The fourth-order valence-electron chi connectivity index (χ4n) is 3.13. The first kappa shape index (κ1) is 18.4. The van der Waals surface area contributed by atoms with Crippen molar-refractivity contribution in [2.24, 2.45) is 14.1 Å². The lowest BCUT2D eigenvalue weighted by Crippen LogP contribution is -2.37. The van der Waals surface area contributed by atoms with Crippen LogP contribution in [0.2, 0.25) is 0 Å². The van der Waals surface area contributed by atoms with E-state index in [-0.39, 0.29) is 23.6 Å². The highest BCUT2D eigenvalue weighted by atomic mass is 16.2. The maximum absolute atomic E-state index is 12.5. The molecule has 1 aromatic carbocycles. The van der Waals surface area contributed by atoms with Crippen molar-refractivity contribution in [1.82, 2.24) is 23.7 Å². The third-order valence-corrected chi connectivity index (χ3v) is 4.66. The van der Waals surface area contributed by atoms with Crippen molar-refractivity contribution < 1.29 is 4.79 Å². The highest BCUT2D eigenvalue weighted by Gasteiger charge is 2.16. The van der Waals surface area contributed by atoms with Crippen LogP contribution in [-0.4, -0.2) is 29.6 Å². The van der Waals surface area contributed by atoms with Gasteiger partial charge < -0.3 is 9.88 Å². The summed E-state index contributed by atoms with van der Waals surface area (Å²) in [6.07, 6.45) is 3.11. The molecule has 0 bridgehead atoms. The van der Waals surface area contributed by atoms with Crippen LogP contribution in [0.5, 0.6) is 0 Å². The molecule has 0 saturated heterocycles. The van der Waals surface area contributed by atoms with Crippen LogP contribution in [0.15, 0.2) is 64.6 Å². The second-order valence-corrected chi connectivity index (χ2v) is 6.59. The summed E-state index contributed by atoms with van der Waals surface area (Å²) < 4.78 is 3.71. The second kappa shape index (κ2) is 7.19. The Labute approximate surface area is 164 Å². The molecule has 0 unspecified atom stereocenters. The van der Waals surface area contributed by atoms with Crippen LogP contribution in [0.3, 0.4) is 0 Å². The Kier molecular flexibility index (Phi) is 4.55. The minimum atomic E-state index is -0.492. The fraction of sp³-hybridized carbons (Fsp3) is 0.150. The van der Waals surface area contributed by atoms with E-state index >= 15 is 0 Å². The number of pyridine rings is 1. The van der Waals surface area contributed by atoms with E-state index in [1.165, 1.54) is 29.6 Å². The highest BCUT2D eigenvalue weighted by Crippen LogP contribution is 2.19. The lowest BCUT2D eigenvalue weighted by molar-refractivity contribution is -0.116. The number of hydrogen-bond acceptors (Lipinski definition) is 5. The Morgan fingerprint density at radius 3 is 2.45 bits per heavy atom. The maximum Gasteiger partial charge on any atom is 0.332 e. The number of imidazole rings is 1. The lowest BCUT2D eigenvalue weighted by atomic mass is 10.1. The van der Waals surface area contributed by atoms with E-state index in [2.05, 4.69) is 15.3 Å². The van der Waals surface area contributed by atoms with E-state index in [4.69, 9.17) is 0 Å². The molecule has 0 aliphatic rings. The summed E-state index contributed by atoms with van der Waals surface area (Å²) in [6, 6.07) is 13.0. The van der Waals surface area contributed by atoms with Gasteiger partial charge in [0.05, 0.1) is 12.0 Å². The molecule has 29 heavy (non-hydrogen) atoms. The molecule has 0 radical (unpaired) electrons. The third kappa shape index (κ3) is 3.33. The van der Waals surface area contributed by atoms with Crippen molar-refractivity contribution in [2.75, 3.05) is 5.32 Å². The maximum atomic E-state index is 12.5. The summed E-state index contributed by atoms with van der Waals surface area (Å²) in [5.41, 5.74) is 1.89. The Morgan fingerprint density at radius 1 is 1.00 bits per heavy atom. The molecular formula is C20H18N6O3. The molecule has 0 aliphatic heterocycles. The molecule has 9 heteroatoms. The van der Waals surface area contributed by atoms with E-state index in [1.54, 1.807) is 18.3 Å². The third-order valence-electron chi connectivity index (χ3n) is 4.66. The van der Waals surface area contributed by atoms with Gasteiger partial charge in [-0.15, -0.1) is 0 Å². The van der Waals surface area contributed by atoms with Gasteiger partial charge in [-0.1, -0.05) is 18.2 Å². The van der Waals surface area contributed by atoms with Crippen LogP contribution < -0.4 is 16.6 Å². The number of aryl methyl sites for hydroxylation is 1. The molecule has 0 atom stereocenters. The number of carbonyl (C=O) groups is 1. The van der Waals surface area contributed by atoms with Crippen molar-refractivity contribution >= 4 is 22.8 Å². The van der Waals surface area contributed by atoms with Crippen LogP contribution >= 0.6 is 0 Å². The van der Waals surface area contributed by atoms with Gasteiger partial charge in [0.1, 0.15) is 6.54 Å². The van der Waals surface area contributed by atoms with Gasteiger partial charge in [-0.2, -0.15) is 0 Å². The van der Waals surface area contributed by atoms with E-state index in [9.17, 15) is 14.4 Å². The summed E-state index contributed by atoms with van der Waals surface area (Å²) >= 11 is 0. The average molecular weight is 390 g/mol. The van der Waals surface area contributed by atoms with E-state index < -0.39 is 11.2 Å². The first-order chi connectivity index (χ1) is 14.0. The van der Waals surface area contributed by atoms with Gasteiger partial charge in [-0.05, 0) is 24.3 Å². The van der Waals surface area contributed by atoms with Crippen molar-refractivity contribution in [1.29, 1.82) is 0 Å². The van der Waals surface area contributed by atoms with Crippen LogP contribution in [0.25, 0.3) is 22.4 Å². The Morgan fingerprint density at radius 2 is 1.76 bits per heavy atom. The SMILES string of the molecule is Cn1c(=O)c2c(ncn2CC(=O)Nc2ccc(-c3ccccn3)cc2)n(C)c1=O. The van der Waals surface area contributed by atoms with Gasteiger partial charge >= 0.3 is 5.69 Å². The quantitative estimate of drug-likeness (QED) is 0.563. The van der Waals surface area contributed by atoms with Crippen molar-refractivity contribution in [3.8, 4) is 11.3 Å². The Balaban J connectivity index is 1.55. The molecule has 0 aliphatic carbocycles. The van der Waals surface area contributed by atoms with Gasteiger partial charge in [-0.3, -0.25) is 23.7 Å². The first-order valence-electron chi connectivity index (χ1n) is 8.88. The molecule has 9 nitrogen and oxygen atoms in total. The molecule has 0 spiro atoms. The minimum absolute atomic E-state index is 0.105. The predicted molar refractivity (Wildman–Crippen MR) is 109 cm³/mol. The molecule has 1 N–H and O–H groups in total. The first-order valence-corrected chi connectivity index (χ1v) is 8.88. The van der Waals surface area contributed by atoms with Gasteiger partial charge in [-0.25, -0.2) is 9.78 Å². The van der Waals surface area contributed by atoms with Crippen LogP contribution in [-0.2, 0) is 25.4 Å². The minimum Gasteiger partial charge on any atom is -0.325 e. The predicted octanol–water partition coefficient (Wildman–Crippen LogP) is 1.13.